The van der Waals surface area contributed by atoms with E-state index in [4.69, 9.17) is 0 Å². The fourth-order valence-corrected chi connectivity index (χ4v) is 9.75. The van der Waals surface area contributed by atoms with Crippen LogP contribution in [0.2, 0.25) is 0 Å². The molecule has 0 spiro atoms. The summed E-state index contributed by atoms with van der Waals surface area (Å²) in [5.41, 5.74) is -0.462. The minimum atomic E-state index is -0.480. The van der Waals surface area contributed by atoms with E-state index < -0.39 is 5.60 Å². The second kappa shape index (κ2) is 6.47. The molecule has 2 N–H and O–H groups in total. The van der Waals surface area contributed by atoms with Gasteiger partial charge in [-0.2, -0.15) is 11.8 Å². The van der Waals surface area contributed by atoms with E-state index in [2.05, 4.69) is 30.9 Å². The minimum absolute atomic E-state index is 0.0461. The fourth-order valence-electron chi connectivity index (χ4n) is 8.11. The number of aliphatic hydroxyl groups is 1. The lowest BCUT2D eigenvalue weighted by molar-refractivity contribution is -0.200. The molecule has 4 heteroatoms. The van der Waals surface area contributed by atoms with Crippen molar-refractivity contribution in [3.05, 3.63) is 0 Å². The molecule has 0 aromatic rings. The van der Waals surface area contributed by atoms with Crippen LogP contribution >= 0.6 is 11.8 Å². The lowest BCUT2D eigenvalue weighted by Crippen LogP contribution is -2.62. The minimum Gasteiger partial charge on any atom is -0.389 e. The molecule has 0 radical (unpaired) electrons. The zero-order valence-electron chi connectivity index (χ0n) is 17.1. The van der Waals surface area contributed by atoms with Crippen LogP contribution in [0.15, 0.2) is 0 Å². The smallest absolute Gasteiger partial charge is 0.139 e. The molecule has 5 rings (SSSR count). The molecule has 27 heavy (non-hydrogen) atoms. The number of hydrogen-bond acceptors (Lipinski definition) is 4. The third-order valence-electron chi connectivity index (χ3n) is 9.87. The first-order valence-corrected chi connectivity index (χ1v) is 12.4. The van der Waals surface area contributed by atoms with Crippen molar-refractivity contribution >= 4 is 17.5 Å². The molecule has 152 valence electrons. The highest BCUT2D eigenvalue weighted by atomic mass is 32.2. The van der Waals surface area contributed by atoms with Crippen molar-refractivity contribution in [2.24, 2.45) is 28.6 Å². The summed E-state index contributed by atoms with van der Waals surface area (Å²) >= 11 is 2.16. The summed E-state index contributed by atoms with van der Waals surface area (Å²) < 4.78 is 0. The van der Waals surface area contributed by atoms with Crippen molar-refractivity contribution in [2.45, 2.75) is 94.2 Å². The van der Waals surface area contributed by atoms with E-state index in [0.717, 1.165) is 63.3 Å². The fraction of sp³-hybridized carbons (Fsp3) is 0.957. The number of rotatable bonds is 2. The molecule has 0 unspecified atom stereocenters. The molecular formula is C23H37NO2S. The molecule has 5 fully saturated rings. The van der Waals surface area contributed by atoms with E-state index in [1.807, 2.05) is 0 Å². The Morgan fingerprint density at radius 3 is 2.63 bits per heavy atom. The Morgan fingerprint density at radius 1 is 1.00 bits per heavy atom. The summed E-state index contributed by atoms with van der Waals surface area (Å²) in [5, 5.41) is 16.8. The third kappa shape index (κ3) is 2.72. The van der Waals surface area contributed by atoms with Crippen molar-refractivity contribution in [3.63, 3.8) is 0 Å². The molecule has 0 aromatic carbocycles. The predicted molar refractivity (Wildman–Crippen MR) is 111 cm³/mol. The highest BCUT2D eigenvalue weighted by Gasteiger charge is 2.64. The van der Waals surface area contributed by atoms with E-state index in [-0.39, 0.29) is 10.8 Å². The first kappa shape index (κ1) is 18.9. The van der Waals surface area contributed by atoms with Gasteiger partial charge >= 0.3 is 0 Å². The Labute approximate surface area is 168 Å². The summed E-state index contributed by atoms with van der Waals surface area (Å²) in [5.74, 6) is 2.41. The quantitative estimate of drug-likeness (QED) is 0.741. The molecule has 5 aliphatic rings. The SMILES string of the molecule is C[C@]12CC[C@H]3[C@@H](CC[C@@]4(O)C[C@H](S[C@H]5CCNC5)CC[C@]34C)[C@@H]1CCC2=O. The average Bonchev–Trinajstić information content (AvgIpc) is 3.24. The van der Waals surface area contributed by atoms with E-state index >= 15 is 0 Å². The van der Waals surface area contributed by atoms with Crippen LogP contribution < -0.4 is 5.32 Å². The van der Waals surface area contributed by atoms with Gasteiger partial charge in [0.2, 0.25) is 0 Å². The van der Waals surface area contributed by atoms with Crippen molar-refractivity contribution in [2.75, 3.05) is 13.1 Å². The zero-order chi connectivity index (χ0) is 18.9. The standard InChI is InChI=1S/C23H37NO2S/c1-21-9-7-19-17(18(21)3-4-20(21)25)6-11-23(26)13-15(5-10-22(19,23)2)27-16-8-12-24-14-16/h15-19,24,26H,3-14H2,1-2H3/t15-,16+,17+,18+,19+,21+,22-,23-/m1/s1. The molecule has 0 aromatic heterocycles. The largest absolute Gasteiger partial charge is 0.389 e. The van der Waals surface area contributed by atoms with Gasteiger partial charge < -0.3 is 10.4 Å². The zero-order valence-corrected chi connectivity index (χ0v) is 18.0. The van der Waals surface area contributed by atoms with Crippen molar-refractivity contribution in [1.82, 2.24) is 5.32 Å². The number of carbonyl (C=O) groups excluding carboxylic acids is 1. The number of hydrogen-bond donors (Lipinski definition) is 2. The summed E-state index contributed by atoms with van der Waals surface area (Å²) in [7, 11) is 0. The van der Waals surface area contributed by atoms with Gasteiger partial charge in [-0.05, 0) is 87.5 Å². The Bertz CT molecular complexity index is 619. The maximum atomic E-state index is 12.6. The molecular weight excluding hydrogens is 354 g/mol. The lowest BCUT2D eigenvalue weighted by atomic mass is 9.44. The summed E-state index contributed by atoms with van der Waals surface area (Å²) in [6.45, 7) is 6.99. The summed E-state index contributed by atoms with van der Waals surface area (Å²) in [4.78, 5) is 12.6. The van der Waals surface area contributed by atoms with Crippen LogP contribution in [0.25, 0.3) is 0 Å². The van der Waals surface area contributed by atoms with Crippen LogP contribution in [0.4, 0.5) is 0 Å². The maximum Gasteiger partial charge on any atom is 0.139 e. The van der Waals surface area contributed by atoms with E-state index in [1.54, 1.807) is 0 Å². The molecule has 3 nitrogen and oxygen atoms in total. The summed E-state index contributed by atoms with van der Waals surface area (Å²) in [6, 6.07) is 0. The van der Waals surface area contributed by atoms with Crippen LogP contribution in [-0.2, 0) is 4.79 Å². The number of nitrogens with one attached hydrogen (secondary N) is 1. The first-order valence-electron chi connectivity index (χ1n) is 11.5. The number of fused-ring (bicyclic) bond motifs is 5. The lowest BCUT2D eigenvalue weighted by Gasteiger charge is -2.63. The van der Waals surface area contributed by atoms with Crippen molar-refractivity contribution in [1.29, 1.82) is 0 Å². The van der Waals surface area contributed by atoms with Crippen molar-refractivity contribution < 1.29 is 9.90 Å². The van der Waals surface area contributed by atoms with Gasteiger partial charge in [0.1, 0.15) is 5.78 Å². The molecule has 0 bridgehead atoms. The van der Waals surface area contributed by atoms with Gasteiger partial charge in [-0.1, -0.05) is 13.8 Å². The Morgan fingerprint density at radius 2 is 1.85 bits per heavy atom. The second-order valence-corrected chi connectivity index (χ2v) is 12.5. The summed E-state index contributed by atoms with van der Waals surface area (Å²) in [6.07, 6.45) is 11.0. The Kier molecular flexibility index (Phi) is 4.54. The third-order valence-corrected chi connectivity index (χ3v) is 11.4. The number of Topliss-reactive ketones (excluding diaryl/α,β-unsaturated/α-hetero) is 1. The molecule has 1 saturated heterocycles. The second-order valence-electron chi connectivity index (χ2n) is 10.9. The van der Waals surface area contributed by atoms with Gasteiger partial charge in [-0.3, -0.25) is 4.79 Å². The topological polar surface area (TPSA) is 49.3 Å². The van der Waals surface area contributed by atoms with E-state index in [0.29, 0.717) is 28.8 Å². The van der Waals surface area contributed by atoms with Crippen LogP contribution in [-0.4, -0.2) is 40.1 Å². The molecule has 0 amide bonds. The van der Waals surface area contributed by atoms with Gasteiger partial charge in [0, 0.05) is 28.9 Å². The Balaban J connectivity index is 1.35. The molecule has 1 heterocycles. The van der Waals surface area contributed by atoms with Crippen LogP contribution in [0, 0.1) is 28.6 Å². The predicted octanol–water partition coefficient (Wildman–Crippen LogP) is 4.18. The highest BCUT2D eigenvalue weighted by Crippen LogP contribution is 2.67. The molecule has 4 aliphatic carbocycles. The number of ketones is 1. The van der Waals surface area contributed by atoms with Gasteiger partial charge in [0.25, 0.3) is 0 Å². The van der Waals surface area contributed by atoms with Gasteiger partial charge in [-0.25, -0.2) is 0 Å². The van der Waals surface area contributed by atoms with Crippen LogP contribution in [0.5, 0.6) is 0 Å². The van der Waals surface area contributed by atoms with Crippen molar-refractivity contribution in [3.8, 4) is 0 Å². The normalized spacial score (nSPS) is 55.1. The highest BCUT2D eigenvalue weighted by molar-refractivity contribution is 8.00. The van der Waals surface area contributed by atoms with E-state index in [9.17, 15) is 9.90 Å². The average molecular weight is 392 g/mol. The molecule has 4 saturated carbocycles. The molecule has 8 atom stereocenters. The van der Waals surface area contributed by atoms with Gasteiger partial charge in [0.05, 0.1) is 5.60 Å². The van der Waals surface area contributed by atoms with E-state index in [1.165, 1.54) is 19.3 Å². The number of thioether (sulfide) groups is 1. The number of carbonyl (C=O) groups is 1. The van der Waals surface area contributed by atoms with Crippen LogP contribution in [0.3, 0.4) is 0 Å². The van der Waals surface area contributed by atoms with Crippen LogP contribution in [0.1, 0.15) is 78.1 Å². The molecule has 1 aliphatic heterocycles. The van der Waals surface area contributed by atoms with Gasteiger partial charge in [0.15, 0.2) is 0 Å². The Hall–Kier alpha value is -0.0600. The maximum absolute atomic E-state index is 12.6. The van der Waals surface area contributed by atoms with Gasteiger partial charge in [-0.15, -0.1) is 0 Å². The monoisotopic (exact) mass is 391 g/mol. The first-order chi connectivity index (χ1) is 12.9.